The molecule has 21 heavy (non-hydrogen) atoms. The van der Waals surface area contributed by atoms with Gasteiger partial charge in [0.1, 0.15) is 5.82 Å². The number of para-hydroxylation sites is 1. The SMILES string of the molecule is O=C1S[C@@H](Nc2ccccc2)C(=O)N1c1ccc(F)cc1. The number of carbonyl (C=O) groups is 2. The van der Waals surface area contributed by atoms with Crippen LogP contribution in [0.25, 0.3) is 0 Å². The van der Waals surface area contributed by atoms with Crippen LogP contribution in [0.15, 0.2) is 54.6 Å². The molecule has 0 unspecified atom stereocenters. The lowest BCUT2D eigenvalue weighted by Gasteiger charge is -2.14. The Labute approximate surface area is 124 Å². The van der Waals surface area contributed by atoms with Gasteiger partial charge in [0.15, 0.2) is 5.37 Å². The highest BCUT2D eigenvalue weighted by Crippen LogP contribution is 2.32. The maximum absolute atomic E-state index is 12.9. The molecule has 0 spiro atoms. The highest BCUT2D eigenvalue weighted by molar-refractivity contribution is 8.16. The number of carbonyl (C=O) groups excluding carboxylic acids is 2. The van der Waals surface area contributed by atoms with E-state index in [0.717, 1.165) is 22.3 Å². The summed E-state index contributed by atoms with van der Waals surface area (Å²) in [5, 5.41) is 1.96. The lowest BCUT2D eigenvalue weighted by molar-refractivity contribution is -0.116. The van der Waals surface area contributed by atoms with E-state index in [1.165, 1.54) is 24.3 Å². The molecule has 0 bridgehead atoms. The van der Waals surface area contributed by atoms with Gasteiger partial charge < -0.3 is 5.32 Å². The molecule has 2 aromatic carbocycles. The Bertz CT molecular complexity index is 676. The van der Waals surface area contributed by atoms with Crippen molar-refractivity contribution in [2.24, 2.45) is 0 Å². The number of amides is 2. The summed E-state index contributed by atoms with van der Waals surface area (Å²) >= 11 is 0.908. The molecule has 0 aliphatic carbocycles. The van der Waals surface area contributed by atoms with Crippen LogP contribution in [0.5, 0.6) is 0 Å². The summed E-state index contributed by atoms with van der Waals surface area (Å²) in [4.78, 5) is 25.4. The number of hydrogen-bond donors (Lipinski definition) is 1. The third-order valence-corrected chi connectivity index (χ3v) is 3.94. The molecule has 1 heterocycles. The van der Waals surface area contributed by atoms with Crippen LogP contribution in [0, 0.1) is 5.82 Å². The van der Waals surface area contributed by atoms with E-state index in [1.54, 1.807) is 0 Å². The smallest absolute Gasteiger partial charge is 0.295 e. The normalized spacial score (nSPS) is 18.1. The van der Waals surface area contributed by atoms with Crippen molar-refractivity contribution in [3.8, 4) is 0 Å². The van der Waals surface area contributed by atoms with Gasteiger partial charge in [0.25, 0.3) is 11.1 Å². The number of nitrogens with zero attached hydrogens (tertiary/aromatic N) is 1. The Morgan fingerprint density at radius 2 is 1.67 bits per heavy atom. The van der Waals surface area contributed by atoms with Crippen LogP contribution in [0.1, 0.15) is 0 Å². The first-order valence-electron chi connectivity index (χ1n) is 6.27. The van der Waals surface area contributed by atoms with Crippen LogP contribution in [0.2, 0.25) is 0 Å². The molecular formula is C15H11FN2O2S. The molecule has 6 heteroatoms. The monoisotopic (exact) mass is 302 g/mol. The van der Waals surface area contributed by atoms with Crippen LogP contribution >= 0.6 is 11.8 Å². The van der Waals surface area contributed by atoms with E-state index in [9.17, 15) is 14.0 Å². The number of benzene rings is 2. The summed E-state index contributed by atoms with van der Waals surface area (Å²) in [6.07, 6.45) is 0. The molecule has 0 aromatic heterocycles. The molecule has 1 saturated heterocycles. The van der Waals surface area contributed by atoms with Crippen LogP contribution in [-0.4, -0.2) is 16.5 Å². The third-order valence-electron chi connectivity index (χ3n) is 3.00. The van der Waals surface area contributed by atoms with Crippen molar-refractivity contribution in [3.63, 3.8) is 0 Å². The zero-order valence-electron chi connectivity index (χ0n) is 10.8. The topological polar surface area (TPSA) is 49.4 Å². The largest absolute Gasteiger partial charge is 0.365 e. The van der Waals surface area contributed by atoms with Gasteiger partial charge in [-0.1, -0.05) is 18.2 Å². The van der Waals surface area contributed by atoms with Crippen LogP contribution in [-0.2, 0) is 4.79 Å². The lowest BCUT2D eigenvalue weighted by Crippen LogP contribution is -2.34. The molecule has 1 atom stereocenters. The number of thioether (sulfide) groups is 1. The minimum Gasteiger partial charge on any atom is -0.365 e. The summed E-state index contributed by atoms with van der Waals surface area (Å²) < 4.78 is 12.9. The van der Waals surface area contributed by atoms with Gasteiger partial charge in [-0.05, 0) is 48.2 Å². The second kappa shape index (κ2) is 5.57. The molecule has 3 rings (SSSR count). The number of anilines is 2. The van der Waals surface area contributed by atoms with Gasteiger partial charge in [-0.3, -0.25) is 9.59 Å². The van der Waals surface area contributed by atoms with E-state index in [-0.39, 0.29) is 11.1 Å². The molecule has 0 radical (unpaired) electrons. The highest BCUT2D eigenvalue weighted by atomic mass is 32.2. The fourth-order valence-electron chi connectivity index (χ4n) is 2.01. The molecule has 1 fully saturated rings. The highest BCUT2D eigenvalue weighted by Gasteiger charge is 2.40. The van der Waals surface area contributed by atoms with Gasteiger partial charge >= 0.3 is 0 Å². The van der Waals surface area contributed by atoms with Crippen molar-refractivity contribution in [1.29, 1.82) is 0 Å². The third kappa shape index (κ3) is 2.75. The molecule has 4 nitrogen and oxygen atoms in total. The number of halogens is 1. The Morgan fingerprint density at radius 1 is 1.00 bits per heavy atom. The second-order valence-corrected chi connectivity index (χ2v) is 5.48. The van der Waals surface area contributed by atoms with Gasteiger partial charge in [0, 0.05) is 5.69 Å². The van der Waals surface area contributed by atoms with E-state index in [4.69, 9.17) is 0 Å². The molecule has 1 N–H and O–H groups in total. The quantitative estimate of drug-likeness (QED) is 0.943. The van der Waals surface area contributed by atoms with Crippen molar-refractivity contribution in [2.75, 3.05) is 10.2 Å². The van der Waals surface area contributed by atoms with E-state index >= 15 is 0 Å². The second-order valence-electron chi connectivity index (χ2n) is 4.42. The first-order valence-corrected chi connectivity index (χ1v) is 7.15. The zero-order valence-corrected chi connectivity index (χ0v) is 11.6. The van der Waals surface area contributed by atoms with Crippen molar-refractivity contribution in [2.45, 2.75) is 5.37 Å². The fraction of sp³-hybridized carbons (Fsp3) is 0.0667. The summed E-state index contributed by atoms with van der Waals surface area (Å²) in [5.41, 5.74) is 1.13. The summed E-state index contributed by atoms with van der Waals surface area (Å²) in [6.45, 7) is 0. The van der Waals surface area contributed by atoms with Crippen molar-refractivity contribution < 1.29 is 14.0 Å². The predicted molar refractivity (Wildman–Crippen MR) is 80.7 cm³/mol. The average Bonchev–Trinajstić information content (AvgIpc) is 2.76. The van der Waals surface area contributed by atoms with Gasteiger partial charge in [0.05, 0.1) is 5.69 Å². The molecular weight excluding hydrogens is 291 g/mol. The molecule has 1 aliphatic rings. The molecule has 106 valence electrons. The maximum atomic E-state index is 12.9. The number of rotatable bonds is 3. The molecule has 0 saturated carbocycles. The van der Waals surface area contributed by atoms with E-state index in [1.807, 2.05) is 30.3 Å². The minimum atomic E-state index is -0.676. The zero-order chi connectivity index (χ0) is 14.8. The average molecular weight is 302 g/mol. The number of hydrogen-bond acceptors (Lipinski definition) is 4. The minimum absolute atomic E-state index is 0.361. The Balaban J connectivity index is 1.80. The molecule has 1 aliphatic heterocycles. The number of nitrogens with one attached hydrogen (secondary N) is 1. The lowest BCUT2D eigenvalue weighted by atomic mass is 10.3. The van der Waals surface area contributed by atoms with E-state index in [2.05, 4.69) is 5.32 Å². The standard InChI is InChI=1S/C15H11FN2O2S/c16-10-6-8-12(9-7-10)18-14(19)13(21-15(18)20)17-11-4-2-1-3-5-11/h1-9,13,17H/t13-/m1/s1. The Morgan fingerprint density at radius 3 is 2.33 bits per heavy atom. The Kier molecular flexibility index (Phi) is 3.62. The van der Waals surface area contributed by atoms with Crippen LogP contribution in [0.3, 0.4) is 0 Å². The van der Waals surface area contributed by atoms with Crippen molar-refractivity contribution >= 4 is 34.3 Å². The van der Waals surface area contributed by atoms with E-state index < -0.39 is 11.2 Å². The summed E-state index contributed by atoms with van der Waals surface area (Å²) in [6, 6.07) is 14.4. The van der Waals surface area contributed by atoms with E-state index in [0.29, 0.717) is 5.69 Å². The first kappa shape index (κ1) is 13.6. The number of imide groups is 1. The summed E-state index contributed by atoms with van der Waals surface area (Å²) in [5.74, 6) is -0.773. The predicted octanol–water partition coefficient (Wildman–Crippen LogP) is 3.46. The van der Waals surface area contributed by atoms with Crippen LogP contribution < -0.4 is 10.2 Å². The first-order chi connectivity index (χ1) is 10.1. The molecule has 2 amide bonds. The van der Waals surface area contributed by atoms with Gasteiger partial charge in [-0.25, -0.2) is 9.29 Å². The summed E-state index contributed by atoms with van der Waals surface area (Å²) in [7, 11) is 0. The molecule has 2 aromatic rings. The van der Waals surface area contributed by atoms with Crippen LogP contribution in [0.4, 0.5) is 20.6 Å². The Hall–Kier alpha value is -2.34. The maximum Gasteiger partial charge on any atom is 0.295 e. The van der Waals surface area contributed by atoms with Gasteiger partial charge in [-0.15, -0.1) is 0 Å². The fourth-order valence-corrected chi connectivity index (χ4v) is 2.91. The van der Waals surface area contributed by atoms with Gasteiger partial charge in [-0.2, -0.15) is 0 Å². The van der Waals surface area contributed by atoms with Crippen molar-refractivity contribution in [1.82, 2.24) is 0 Å². The van der Waals surface area contributed by atoms with Gasteiger partial charge in [0.2, 0.25) is 0 Å². The van der Waals surface area contributed by atoms with Crippen molar-refractivity contribution in [3.05, 3.63) is 60.4 Å².